The summed E-state index contributed by atoms with van der Waals surface area (Å²) >= 11 is 0. The number of hydrogen-bond donors (Lipinski definition) is 0. The van der Waals surface area contributed by atoms with Gasteiger partial charge in [0.25, 0.3) is 0 Å². The molecule has 0 bridgehead atoms. The van der Waals surface area contributed by atoms with Gasteiger partial charge in [0.1, 0.15) is 6.67 Å². The third-order valence-corrected chi connectivity index (χ3v) is 1.96. The van der Waals surface area contributed by atoms with E-state index in [1.54, 1.807) is 16.8 Å². The molecule has 0 amide bonds. The minimum Gasteiger partial charge on any atom is -0.246 e. The molecule has 0 unspecified atom stereocenters. The number of benzene rings is 1. The van der Waals surface area contributed by atoms with Crippen molar-refractivity contribution in [2.24, 2.45) is 0 Å². The van der Waals surface area contributed by atoms with E-state index in [1.807, 2.05) is 25.3 Å². The molecule has 14 heavy (non-hydrogen) atoms. The van der Waals surface area contributed by atoms with Gasteiger partial charge in [0, 0.05) is 0 Å². The lowest BCUT2D eigenvalue weighted by molar-refractivity contribution is 0.485. The predicted octanol–water partition coefficient (Wildman–Crippen LogP) is 2.05. The van der Waals surface area contributed by atoms with Crippen LogP contribution in [-0.2, 0) is 6.67 Å². The standard InChI is InChI=1S/C10H10FN3/c1-8-7-14(13-12-8)10-4-2-9(6-11)3-5-10/h2-5,7H,6H2,1H3. The SMILES string of the molecule is Cc1cn(-c2ccc(CF)cc2)nn1. The zero-order valence-electron chi connectivity index (χ0n) is 7.81. The molecule has 0 radical (unpaired) electrons. The van der Waals surface area contributed by atoms with Gasteiger partial charge in [0.05, 0.1) is 17.6 Å². The van der Waals surface area contributed by atoms with Crippen LogP contribution in [0.15, 0.2) is 30.5 Å². The Morgan fingerprint density at radius 2 is 2.00 bits per heavy atom. The van der Waals surface area contributed by atoms with Crippen molar-refractivity contribution in [2.75, 3.05) is 0 Å². The number of alkyl halides is 1. The summed E-state index contributed by atoms with van der Waals surface area (Å²) in [5, 5.41) is 7.79. The van der Waals surface area contributed by atoms with Crippen molar-refractivity contribution in [1.29, 1.82) is 0 Å². The van der Waals surface area contributed by atoms with E-state index in [4.69, 9.17) is 0 Å². The van der Waals surface area contributed by atoms with E-state index >= 15 is 0 Å². The molecule has 0 atom stereocenters. The molecule has 1 aromatic heterocycles. The van der Waals surface area contributed by atoms with Gasteiger partial charge in [0.2, 0.25) is 0 Å². The smallest absolute Gasteiger partial charge is 0.115 e. The Morgan fingerprint density at radius 1 is 1.29 bits per heavy atom. The summed E-state index contributed by atoms with van der Waals surface area (Å²) in [6.07, 6.45) is 1.82. The highest BCUT2D eigenvalue weighted by Gasteiger charge is 1.98. The predicted molar refractivity (Wildman–Crippen MR) is 50.9 cm³/mol. The number of aryl methyl sites for hydroxylation is 1. The topological polar surface area (TPSA) is 30.7 Å². The summed E-state index contributed by atoms with van der Waals surface area (Å²) in [7, 11) is 0. The first-order valence-corrected chi connectivity index (χ1v) is 4.34. The maximum Gasteiger partial charge on any atom is 0.115 e. The van der Waals surface area contributed by atoms with Gasteiger partial charge in [-0.2, -0.15) is 0 Å². The molecule has 0 aliphatic carbocycles. The highest BCUT2D eigenvalue weighted by Crippen LogP contribution is 2.09. The van der Waals surface area contributed by atoms with Crippen LogP contribution in [0.25, 0.3) is 5.69 Å². The lowest BCUT2D eigenvalue weighted by atomic mass is 10.2. The minimum atomic E-state index is -0.434. The van der Waals surface area contributed by atoms with Gasteiger partial charge < -0.3 is 0 Å². The molecule has 0 fully saturated rings. The maximum absolute atomic E-state index is 12.2. The van der Waals surface area contributed by atoms with Crippen molar-refractivity contribution in [2.45, 2.75) is 13.6 Å². The Labute approximate surface area is 81.2 Å². The van der Waals surface area contributed by atoms with Crippen molar-refractivity contribution < 1.29 is 4.39 Å². The van der Waals surface area contributed by atoms with Crippen LogP contribution in [-0.4, -0.2) is 15.0 Å². The Morgan fingerprint density at radius 3 is 2.50 bits per heavy atom. The van der Waals surface area contributed by atoms with Crippen LogP contribution >= 0.6 is 0 Å². The quantitative estimate of drug-likeness (QED) is 0.727. The van der Waals surface area contributed by atoms with Crippen LogP contribution in [0.3, 0.4) is 0 Å². The van der Waals surface area contributed by atoms with Gasteiger partial charge in [-0.1, -0.05) is 17.3 Å². The maximum atomic E-state index is 12.2. The fraction of sp³-hybridized carbons (Fsp3) is 0.200. The van der Waals surface area contributed by atoms with Gasteiger partial charge in [-0.3, -0.25) is 0 Å². The fourth-order valence-electron chi connectivity index (χ4n) is 1.21. The van der Waals surface area contributed by atoms with E-state index in [0.29, 0.717) is 5.56 Å². The average Bonchev–Trinajstić information content (AvgIpc) is 2.65. The second-order valence-electron chi connectivity index (χ2n) is 3.10. The first kappa shape index (κ1) is 8.87. The first-order chi connectivity index (χ1) is 6.79. The van der Waals surface area contributed by atoms with Gasteiger partial charge in [0.15, 0.2) is 0 Å². The number of rotatable bonds is 2. The minimum absolute atomic E-state index is 0.434. The van der Waals surface area contributed by atoms with Crippen molar-refractivity contribution in [3.63, 3.8) is 0 Å². The van der Waals surface area contributed by atoms with Gasteiger partial charge in [-0.25, -0.2) is 9.07 Å². The Hall–Kier alpha value is -1.71. The van der Waals surface area contributed by atoms with Gasteiger partial charge in [-0.05, 0) is 24.6 Å². The third kappa shape index (κ3) is 1.64. The molecule has 72 valence electrons. The molecule has 1 aromatic carbocycles. The first-order valence-electron chi connectivity index (χ1n) is 4.34. The van der Waals surface area contributed by atoms with Crippen LogP contribution in [0, 0.1) is 6.92 Å². The van der Waals surface area contributed by atoms with Gasteiger partial charge >= 0.3 is 0 Å². The summed E-state index contributed by atoms with van der Waals surface area (Å²) in [5.41, 5.74) is 2.42. The molecule has 0 saturated heterocycles. The van der Waals surface area contributed by atoms with E-state index in [2.05, 4.69) is 10.3 Å². The molecule has 0 spiro atoms. The molecule has 0 aliphatic rings. The second-order valence-corrected chi connectivity index (χ2v) is 3.10. The number of nitrogens with zero attached hydrogens (tertiary/aromatic N) is 3. The average molecular weight is 191 g/mol. The molecule has 2 aromatic rings. The van der Waals surface area contributed by atoms with Crippen LogP contribution in [0.2, 0.25) is 0 Å². The van der Waals surface area contributed by atoms with E-state index < -0.39 is 6.67 Å². The Kier molecular flexibility index (Phi) is 2.26. The van der Waals surface area contributed by atoms with E-state index in [-0.39, 0.29) is 0 Å². The van der Waals surface area contributed by atoms with E-state index in [1.165, 1.54) is 0 Å². The number of aromatic nitrogens is 3. The third-order valence-electron chi connectivity index (χ3n) is 1.96. The number of hydrogen-bond acceptors (Lipinski definition) is 2. The van der Waals surface area contributed by atoms with Crippen LogP contribution in [0.5, 0.6) is 0 Å². The van der Waals surface area contributed by atoms with Crippen LogP contribution in [0.4, 0.5) is 4.39 Å². The molecule has 3 nitrogen and oxygen atoms in total. The molecule has 0 saturated carbocycles. The molecule has 4 heteroatoms. The summed E-state index contributed by atoms with van der Waals surface area (Å²) in [4.78, 5) is 0. The van der Waals surface area contributed by atoms with Crippen LogP contribution < -0.4 is 0 Å². The molecule has 1 heterocycles. The number of halogens is 1. The van der Waals surface area contributed by atoms with Crippen molar-refractivity contribution in [3.05, 3.63) is 41.7 Å². The van der Waals surface area contributed by atoms with Crippen molar-refractivity contribution in [3.8, 4) is 5.69 Å². The second kappa shape index (κ2) is 3.57. The van der Waals surface area contributed by atoms with Crippen molar-refractivity contribution >= 4 is 0 Å². The normalized spacial score (nSPS) is 10.4. The lowest BCUT2D eigenvalue weighted by Crippen LogP contribution is -1.94. The lowest BCUT2D eigenvalue weighted by Gasteiger charge is -2.00. The van der Waals surface area contributed by atoms with E-state index in [9.17, 15) is 4.39 Å². The van der Waals surface area contributed by atoms with Crippen molar-refractivity contribution in [1.82, 2.24) is 15.0 Å². The Balaban J connectivity index is 2.33. The zero-order chi connectivity index (χ0) is 9.97. The zero-order valence-corrected chi connectivity index (χ0v) is 7.81. The Bertz CT molecular complexity index is 419. The molecule has 0 N–H and O–H groups in total. The highest BCUT2D eigenvalue weighted by atomic mass is 19.1. The monoisotopic (exact) mass is 191 g/mol. The highest BCUT2D eigenvalue weighted by molar-refractivity contribution is 5.33. The molecular weight excluding hydrogens is 181 g/mol. The summed E-state index contributed by atoms with van der Waals surface area (Å²) < 4.78 is 13.9. The molecule has 0 aliphatic heterocycles. The summed E-state index contributed by atoms with van der Waals surface area (Å²) in [6, 6.07) is 7.13. The van der Waals surface area contributed by atoms with Crippen LogP contribution in [0.1, 0.15) is 11.3 Å². The molecule has 2 rings (SSSR count). The largest absolute Gasteiger partial charge is 0.246 e. The summed E-state index contributed by atoms with van der Waals surface area (Å²) in [6.45, 7) is 1.44. The van der Waals surface area contributed by atoms with E-state index in [0.717, 1.165) is 11.4 Å². The van der Waals surface area contributed by atoms with Gasteiger partial charge in [-0.15, -0.1) is 5.10 Å². The summed E-state index contributed by atoms with van der Waals surface area (Å²) in [5.74, 6) is 0. The molecular formula is C10H10FN3. The fourth-order valence-corrected chi connectivity index (χ4v) is 1.21.